The Kier molecular flexibility index (Phi) is 4.01. The summed E-state index contributed by atoms with van der Waals surface area (Å²) in [5.41, 5.74) is 1.99. The van der Waals surface area contributed by atoms with Crippen LogP contribution >= 0.6 is 0 Å². The average Bonchev–Trinajstić information content (AvgIpc) is 2.16. The van der Waals surface area contributed by atoms with E-state index in [1.165, 1.54) is 12.1 Å². The minimum Gasteiger partial charge on any atom is -0.300 e. The highest BCUT2D eigenvalue weighted by molar-refractivity contribution is 5.78. The predicted molar refractivity (Wildman–Crippen MR) is 59.3 cm³/mol. The summed E-state index contributed by atoms with van der Waals surface area (Å²) in [5.74, 6) is 0.0579. The molecule has 0 N–H and O–H groups in total. The highest BCUT2D eigenvalue weighted by Gasteiger charge is 2.13. The third-order valence-electron chi connectivity index (χ3n) is 2.84. The van der Waals surface area contributed by atoms with E-state index in [2.05, 4.69) is 0 Å². The van der Waals surface area contributed by atoms with Crippen LogP contribution in [-0.4, -0.2) is 5.78 Å². The molecule has 2 heteroatoms. The molecule has 0 aliphatic heterocycles. The summed E-state index contributed by atoms with van der Waals surface area (Å²) >= 11 is 0. The number of ketones is 1. The first-order valence-corrected chi connectivity index (χ1v) is 5.30. The molecular formula is C13H17FO. The smallest absolute Gasteiger partial charge is 0.133 e. The standard InChI is InChI=1S/C13H17FO/c1-4-11(10(3)15)8-12-5-6-13(14)7-9(12)2/h5-7,11H,4,8H2,1-3H3. The highest BCUT2D eigenvalue weighted by atomic mass is 19.1. The van der Waals surface area contributed by atoms with Gasteiger partial charge in [0.25, 0.3) is 0 Å². The van der Waals surface area contributed by atoms with Crippen LogP contribution in [0.3, 0.4) is 0 Å². The molecule has 1 atom stereocenters. The van der Waals surface area contributed by atoms with Crippen LogP contribution in [0, 0.1) is 18.7 Å². The summed E-state index contributed by atoms with van der Waals surface area (Å²) in [6.45, 7) is 5.50. The van der Waals surface area contributed by atoms with E-state index in [1.54, 1.807) is 13.0 Å². The van der Waals surface area contributed by atoms with E-state index in [9.17, 15) is 9.18 Å². The summed E-state index contributed by atoms with van der Waals surface area (Å²) < 4.78 is 12.9. The second-order valence-corrected chi connectivity index (χ2v) is 3.99. The fourth-order valence-electron chi connectivity index (χ4n) is 1.73. The van der Waals surface area contributed by atoms with E-state index < -0.39 is 0 Å². The number of benzene rings is 1. The fourth-order valence-corrected chi connectivity index (χ4v) is 1.73. The van der Waals surface area contributed by atoms with Crippen LogP contribution in [-0.2, 0) is 11.2 Å². The molecule has 0 aliphatic rings. The number of carbonyl (C=O) groups is 1. The Morgan fingerprint density at radius 2 is 2.13 bits per heavy atom. The fraction of sp³-hybridized carbons (Fsp3) is 0.462. The number of carbonyl (C=O) groups excluding carboxylic acids is 1. The minimum atomic E-state index is -0.216. The van der Waals surface area contributed by atoms with Gasteiger partial charge in [0.1, 0.15) is 11.6 Å². The Bertz CT molecular complexity index is 358. The lowest BCUT2D eigenvalue weighted by atomic mass is 9.91. The summed E-state index contributed by atoms with van der Waals surface area (Å²) in [6.07, 6.45) is 1.56. The van der Waals surface area contributed by atoms with E-state index in [0.717, 1.165) is 24.0 Å². The van der Waals surface area contributed by atoms with Gasteiger partial charge in [0.15, 0.2) is 0 Å². The SMILES string of the molecule is CCC(Cc1ccc(F)cc1C)C(C)=O. The lowest BCUT2D eigenvalue weighted by Gasteiger charge is -2.13. The second-order valence-electron chi connectivity index (χ2n) is 3.99. The van der Waals surface area contributed by atoms with Crippen LogP contribution in [0.15, 0.2) is 18.2 Å². The van der Waals surface area contributed by atoms with Gasteiger partial charge in [-0.2, -0.15) is 0 Å². The lowest BCUT2D eigenvalue weighted by Crippen LogP contribution is -2.13. The quantitative estimate of drug-likeness (QED) is 0.742. The van der Waals surface area contributed by atoms with Gasteiger partial charge in [-0.15, -0.1) is 0 Å². The third-order valence-corrected chi connectivity index (χ3v) is 2.84. The van der Waals surface area contributed by atoms with Crippen LogP contribution in [0.4, 0.5) is 4.39 Å². The molecule has 0 saturated heterocycles. The Morgan fingerprint density at radius 3 is 2.60 bits per heavy atom. The molecular weight excluding hydrogens is 191 g/mol. The van der Waals surface area contributed by atoms with Crippen molar-refractivity contribution in [2.45, 2.75) is 33.6 Å². The molecule has 0 bridgehead atoms. The first-order valence-electron chi connectivity index (χ1n) is 5.30. The van der Waals surface area contributed by atoms with E-state index in [-0.39, 0.29) is 17.5 Å². The van der Waals surface area contributed by atoms with Gasteiger partial charge in [-0.3, -0.25) is 4.79 Å². The molecule has 1 unspecified atom stereocenters. The van der Waals surface area contributed by atoms with Crippen molar-refractivity contribution in [2.24, 2.45) is 5.92 Å². The molecule has 0 heterocycles. The van der Waals surface area contributed by atoms with Crippen molar-refractivity contribution in [1.29, 1.82) is 0 Å². The van der Waals surface area contributed by atoms with Crippen molar-refractivity contribution in [3.63, 3.8) is 0 Å². The van der Waals surface area contributed by atoms with Gasteiger partial charge in [0.05, 0.1) is 0 Å². The van der Waals surface area contributed by atoms with Crippen molar-refractivity contribution in [2.75, 3.05) is 0 Å². The maximum absolute atomic E-state index is 12.9. The first-order chi connectivity index (χ1) is 7.04. The summed E-state index contributed by atoms with van der Waals surface area (Å²) in [4.78, 5) is 11.3. The predicted octanol–water partition coefficient (Wildman–Crippen LogP) is 3.29. The van der Waals surface area contributed by atoms with E-state index in [4.69, 9.17) is 0 Å². The third kappa shape index (κ3) is 3.15. The van der Waals surface area contributed by atoms with Crippen LogP contribution in [0.1, 0.15) is 31.4 Å². The molecule has 1 aromatic carbocycles. The lowest BCUT2D eigenvalue weighted by molar-refractivity contribution is -0.120. The number of aryl methyl sites for hydroxylation is 1. The van der Waals surface area contributed by atoms with Crippen molar-refractivity contribution in [1.82, 2.24) is 0 Å². The summed E-state index contributed by atoms with van der Waals surface area (Å²) in [6, 6.07) is 4.74. The zero-order valence-corrected chi connectivity index (χ0v) is 9.51. The molecule has 1 nitrogen and oxygen atoms in total. The Hall–Kier alpha value is -1.18. The molecule has 0 saturated carbocycles. The normalized spacial score (nSPS) is 12.5. The van der Waals surface area contributed by atoms with Crippen molar-refractivity contribution in [3.05, 3.63) is 35.1 Å². The maximum Gasteiger partial charge on any atom is 0.133 e. The van der Waals surface area contributed by atoms with E-state index in [1.807, 2.05) is 13.8 Å². The van der Waals surface area contributed by atoms with E-state index >= 15 is 0 Å². The molecule has 0 radical (unpaired) electrons. The van der Waals surface area contributed by atoms with Crippen LogP contribution in [0.25, 0.3) is 0 Å². The number of halogens is 1. The van der Waals surface area contributed by atoms with Crippen LogP contribution in [0.5, 0.6) is 0 Å². The Morgan fingerprint density at radius 1 is 1.47 bits per heavy atom. The molecule has 15 heavy (non-hydrogen) atoms. The van der Waals surface area contributed by atoms with Crippen LogP contribution < -0.4 is 0 Å². The summed E-state index contributed by atoms with van der Waals surface area (Å²) in [7, 11) is 0. The Balaban J connectivity index is 2.84. The van der Waals surface area contributed by atoms with Gasteiger partial charge >= 0.3 is 0 Å². The van der Waals surface area contributed by atoms with Gasteiger partial charge in [-0.05, 0) is 49.9 Å². The minimum absolute atomic E-state index is 0.0640. The molecule has 0 spiro atoms. The average molecular weight is 208 g/mol. The van der Waals surface area contributed by atoms with Gasteiger partial charge in [0, 0.05) is 5.92 Å². The van der Waals surface area contributed by atoms with Crippen LogP contribution in [0.2, 0.25) is 0 Å². The Labute approximate surface area is 90.3 Å². The molecule has 82 valence electrons. The molecule has 0 fully saturated rings. The molecule has 0 aliphatic carbocycles. The number of hydrogen-bond acceptors (Lipinski definition) is 1. The molecule has 1 aromatic rings. The first kappa shape index (κ1) is 11.9. The monoisotopic (exact) mass is 208 g/mol. The largest absolute Gasteiger partial charge is 0.300 e. The molecule has 1 rings (SSSR count). The zero-order valence-electron chi connectivity index (χ0n) is 9.51. The second kappa shape index (κ2) is 5.06. The molecule has 0 aromatic heterocycles. The molecule has 0 amide bonds. The van der Waals surface area contributed by atoms with Gasteiger partial charge < -0.3 is 0 Å². The van der Waals surface area contributed by atoms with Gasteiger partial charge in [0.2, 0.25) is 0 Å². The highest BCUT2D eigenvalue weighted by Crippen LogP contribution is 2.17. The number of Topliss-reactive ketones (excluding diaryl/α,β-unsaturated/α-hetero) is 1. The summed E-state index contributed by atoms with van der Waals surface area (Å²) in [5, 5.41) is 0. The van der Waals surface area contributed by atoms with Gasteiger partial charge in [-0.1, -0.05) is 13.0 Å². The van der Waals surface area contributed by atoms with E-state index in [0.29, 0.717) is 0 Å². The topological polar surface area (TPSA) is 17.1 Å². The zero-order chi connectivity index (χ0) is 11.4. The van der Waals surface area contributed by atoms with Crippen molar-refractivity contribution in [3.8, 4) is 0 Å². The van der Waals surface area contributed by atoms with Crippen molar-refractivity contribution < 1.29 is 9.18 Å². The van der Waals surface area contributed by atoms with Gasteiger partial charge in [-0.25, -0.2) is 4.39 Å². The maximum atomic E-state index is 12.9. The number of hydrogen-bond donors (Lipinski definition) is 0. The van der Waals surface area contributed by atoms with Crippen molar-refractivity contribution >= 4 is 5.78 Å². The number of rotatable bonds is 4.